The first kappa shape index (κ1) is 22.1. The number of nitrogens with zero attached hydrogens (tertiary/aromatic N) is 4. The van der Waals surface area contributed by atoms with Crippen LogP contribution in [0.25, 0.3) is 5.69 Å². The summed E-state index contributed by atoms with van der Waals surface area (Å²) in [6.07, 6.45) is 5.43. The molecule has 0 bridgehead atoms. The van der Waals surface area contributed by atoms with Gasteiger partial charge in [-0.25, -0.2) is 4.68 Å². The number of anilines is 2. The molecule has 1 aliphatic rings. The van der Waals surface area contributed by atoms with Crippen molar-refractivity contribution in [2.24, 2.45) is 0 Å². The van der Waals surface area contributed by atoms with E-state index in [1.165, 1.54) is 16.8 Å². The molecule has 0 aliphatic heterocycles. The quantitative estimate of drug-likeness (QED) is 0.424. The van der Waals surface area contributed by atoms with Gasteiger partial charge in [-0.3, -0.25) is 5.21 Å². The van der Waals surface area contributed by atoms with Gasteiger partial charge in [-0.1, -0.05) is 36.4 Å². The van der Waals surface area contributed by atoms with E-state index < -0.39 is 0 Å². The Kier molecular flexibility index (Phi) is 6.32. The van der Waals surface area contributed by atoms with Gasteiger partial charge in [0, 0.05) is 49.5 Å². The van der Waals surface area contributed by atoms with Crippen molar-refractivity contribution in [3.05, 3.63) is 88.4 Å². The number of aryl methyl sites for hydroxylation is 1. The molecule has 1 aromatic heterocycles. The summed E-state index contributed by atoms with van der Waals surface area (Å²) >= 11 is 0. The lowest BCUT2D eigenvalue weighted by Gasteiger charge is -2.24. The molecule has 3 aromatic rings. The maximum atomic E-state index is 11.6. The minimum atomic E-state index is -0.105. The van der Waals surface area contributed by atoms with E-state index in [4.69, 9.17) is 5.10 Å². The molecule has 32 heavy (non-hydrogen) atoms. The van der Waals surface area contributed by atoms with Gasteiger partial charge in [0.2, 0.25) is 0 Å². The van der Waals surface area contributed by atoms with E-state index in [9.17, 15) is 10.4 Å². The van der Waals surface area contributed by atoms with Gasteiger partial charge in [0.05, 0.1) is 17.1 Å². The molecular weight excluding hydrogens is 402 g/mol. The molecule has 2 atom stereocenters. The van der Waals surface area contributed by atoms with Gasteiger partial charge < -0.3 is 20.7 Å². The highest BCUT2D eigenvalue weighted by atomic mass is 16.8. The summed E-state index contributed by atoms with van der Waals surface area (Å²) < 4.78 is 1.75. The third-order valence-electron chi connectivity index (χ3n) is 6.14. The van der Waals surface area contributed by atoms with Crippen LogP contribution in [0.1, 0.15) is 34.9 Å². The minimum absolute atomic E-state index is 0.105. The number of benzene rings is 2. The van der Waals surface area contributed by atoms with Crippen LogP contribution in [0.3, 0.4) is 0 Å². The summed E-state index contributed by atoms with van der Waals surface area (Å²) in [5, 5.41) is 29.3. The van der Waals surface area contributed by atoms with Gasteiger partial charge in [0.25, 0.3) is 0 Å². The number of para-hydroxylation sites is 2. The molecule has 168 valence electrons. The van der Waals surface area contributed by atoms with Crippen LogP contribution in [-0.2, 0) is 6.54 Å². The van der Waals surface area contributed by atoms with Crippen molar-refractivity contribution in [3.63, 3.8) is 0 Å². The Hall–Kier alpha value is -3.13. The Balaban J connectivity index is 1.46. The van der Waals surface area contributed by atoms with Gasteiger partial charge in [-0.15, -0.1) is 0 Å². The smallest absolute Gasteiger partial charge is 0.0895 e. The van der Waals surface area contributed by atoms with E-state index in [1.807, 2.05) is 34.0 Å². The molecule has 0 fully saturated rings. The predicted molar refractivity (Wildman–Crippen MR) is 129 cm³/mol. The molecule has 0 radical (unpaired) electrons. The van der Waals surface area contributed by atoms with Crippen LogP contribution in [0.15, 0.2) is 60.7 Å². The van der Waals surface area contributed by atoms with E-state index in [2.05, 4.69) is 46.6 Å². The monoisotopic (exact) mass is 432 g/mol. The van der Waals surface area contributed by atoms with Gasteiger partial charge >= 0.3 is 0 Å². The van der Waals surface area contributed by atoms with E-state index in [1.54, 1.807) is 22.9 Å². The molecule has 0 saturated heterocycles. The summed E-state index contributed by atoms with van der Waals surface area (Å²) in [5.41, 5.74) is 6.27. The van der Waals surface area contributed by atoms with Crippen LogP contribution in [0.2, 0.25) is 0 Å². The highest BCUT2D eigenvalue weighted by molar-refractivity contribution is 5.62. The topological polar surface area (TPSA) is 79.6 Å². The van der Waals surface area contributed by atoms with Crippen molar-refractivity contribution in [3.8, 4) is 5.69 Å². The second kappa shape index (κ2) is 9.16. The van der Waals surface area contributed by atoms with Crippen molar-refractivity contribution in [1.82, 2.24) is 15.1 Å². The van der Waals surface area contributed by atoms with Crippen LogP contribution in [0, 0.1) is 19.1 Å². The SMILES string of the molecule is Cc1nn(-c2ccccc2N([O-])O)c(C)c1C1C=CC(NCc2ccc(N(C)C)cc2)C1. The molecule has 7 nitrogen and oxygen atoms in total. The van der Waals surface area contributed by atoms with Gasteiger partial charge in [0.1, 0.15) is 0 Å². The average Bonchev–Trinajstić information content (AvgIpc) is 3.35. The summed E-state index contributed by atoms with van der Waals surface area (Å²) in [7, 11) is 4.09. The van der Waals surface area contributed by atoms with Gasteiger partial charge in [-0.2, -0.15) is 5.10 Å². The lowest BCUT2D eigenvalue weighted by Crippen LogP contribution is -2.25. The molecule has 4 rings (SSSR count). The van der Waals surface area contributed by atoms with Crippen molar-refractivity contribution >= 4 is 11.4 Å². The fraction of sp³-hybridized carbons (Fsp3) is 0.320. The fourth-order valence-electron chi connectivity index (χ4n) is 4.46. The highest BCUT2D eigenvalue weighted by Crippen LogP contribution is 2.35. The van der Waals surface area contributed by atoms with Crippen LogP contribution in [-0.4, -0.2) is 35.1 Å². The van der Waals surface area contributed by atoms with Crippen molar-refractivity contribution in [2.75, 3.05) is 24.2 Å². The zero-order valence-corrected chi connectivity index (χ0v) is 19.0. The Labute approximate surface area is 189 Å². The van der Waals surface area contributed by atoms with E-state index in [-0.39, 0.29) is 22.9 Å². The Bertz CT molecular complexity index is 1100. The number of hydrogen-bond donors (Lipinski definition) is 2. The Morgan fingerprint density at radius 2 is 1.81 bits per heavy atom. The normalized spacial score (nSPS) is 17.7. The Morgan fingerprint density at radius 1 is 1.09 bits per heavy atom. The second-order valence-electron chi connectivity index (χ2n) is 8.53. The number of aromatic nitrogens is 2. The summed E-state index contributed by atoms with van der Waals surface area (Å²) in [4.78, 5) is 2.10. The molecule has 2 unspecified atom stereocenters. The van der Waals surface area contributed by atoms with Crippen molar-refractivity contribution in [1.29, 1.82) is 0 Å². The van der Waals surface area contributed by atoms with Crippen LogP contribution < -0.4 is 15.4 Å². The molecule has 1 aliphatic carbocycles. The van der Waals surface area contributed by atoms with Gasteiger partial charge in [0.15, 0.2) is 0 Å². The average molecular weight is 433 g/mol. The van der Waals surface area contributed by atoms with Crippen molar-refractivity contribution < 1.29 is 5.21 Å². The number of rotatable bonds is 7. The molecule has 2 aromatic carbocycles. The first-order valence-electron chi connectivity index (χ1n) is 10.8. The van der Waals surface area contributed by atoms with Crippen LogP contribution in [0.4, 0.5) is 11.4 Å². The minimum Gasteiger partial charge on any atom is -0.733 e. The molecule has 0 saturated carbocycles. The van der Waals surface area contributed by atoms with Gasteiger partial charge in [-0.05, 0) is 50.1 Å². The molecule has 7 heteroatoms. The lowest BCUT2D eigenvalue weighted by molar-refractivity contribution is 0.296. The second-order valence-corrected chi connectivity index (χ2v) is 8.53. The first-order valence-corrected chi connectivity index (χ1v) is 10.8. The van der Waals surface area contributed by atoms with E-state index in [0.717, 1.165) is 24.4 Å². The van der Waals surface area contributed by atoms with Crippen molar-refractivity contribution in [2.45, 2.75) is 38.8 Å². The first-order chi connectivity index (χ1) is 15.3. The molecular formula is C25H30N5O2-. The third kappa shape index (κ3) is 4.41. The number of allylic oxidation sites excluding steroid dienone is 1. The fourth-order valence-corrected chi connectivity index (χ4v) is 4.46. The maximum absolute atomic E-state index is 11.6. The third-order valence-corrected chi connectivity index (χ3v) is 6.14. The van der Waals surface area contributed by atoms with E-state index >= 15 is 0 Å². The molecule has 1 heterocycles. The zero-order chi connectivity index (χ0) is 22.8. The summed E-state index contributed by atoms with van der Waals surface area (Å²) in [5.74, 6) is 0.252. The Morgan fingerprint density at radius 3 is 2.50 bits per heavy atom. The molecule has 0 amide bonds. The zero-order valence-electron chi connectivity index (χ0n) is 19.0. The van der Waals surface area contributed by atoms with E-state index in [0.29, 0.717) is 5.69 Å². The lowest BCUT2D eigenvalue weighted by atomic mass is 9.96. The predicted octanol–water partition coefficient (Wildman–Crippen LogP) is 4.45. The summed E-state index contributed by atoms with van der Waals surface area (Å²) in [6, 6.07) is 15.8. The molecule has 2 N–H and O–H groups in total. The van der Waals surface area contributed by atoms with Crippen LogP contribution in [0.5, 0.6) is 0 Å². The standard InChI is InChI=1S/C25H30N5O2/c1-17-25(18(2)29(27-17)23-7-5-6-8-24(23)30(31)32)20-11-12-21(15-20)26-16-19-9-13-22(14-10-19)28(3)4/h5-14,20-21,26,31H,15-16H2,1-4H3/q-1. The largest absolute Gasteiger partial charge is 0.733 e. The summed E-state index contributed by atoms with van der Waals surface area (Å²) in [6.45, 7) is 4.83. The van der Waals surface area contributed by atoms with Crippen LogP contribution >= 0.6 is 0 Å². The number of hydrogen-bond acceptors (Lipinski definition) is 6. The highest BCUT2D eigenvalue weighted by Gasteiger charge is 2.26. The number of nitrogens with one attached hydrogen (secondary N) is 1. The molecule has 0 spiro atoms. The maximum Gasteiger partial charge on any atom is 0.0895 e.